The van der Waals surface area contributed by atoms with Gasteiger partial charge >= 0.3 is 5.97 Å². The van der Waals surface area contributed by atoms with Crippen molar-refractivity contribution in [2.75, 3.05) is 39.5 Å². The molecule has 3 aromatic rings. The quantitative estimate of drug-likeness (QED) is 0.469. The zero-order chi connectivity index (χ0) is 24.9. The van der Waals surface area contributed by atoms with E-state index < -0.39 is 12.6 Å². The van der Waals surface area contributed by atoms with E-state index in [1.807, 2.05) is 12.1 Å². The van der Waals surface area contributed by atoms with Crippen LogP contribution in [0.15, 0.2) is 53.3 Å². The maximum atomic E-state index is 12.6. The van der Waals surface area contributed by atoms with E-state index in [1.165, 1.54) is 11.6 Å². The first-order valence-corrected chi connectivity index (χ1v) is 12.4. The standard InChI is InChI=1S/C27H31N3O6/c31-26-7-5-21-22(2-1-3-23(21)36-18-27(32)33)30(26)13-12-29-10-8-20(9-11-29)28-17-19-4-6-24-25(16-19)35-15-14-34-24/h1-7,16,20,28H,8-15,17-18H2,(H,32,33). The molecule has 2 N–H and O–H groups in total. The summed E-state index contributed by atoms with van der Waals surface area (Å²) >= 11 is 0. The van der Waals surface area contributed by atoms with Gasteiger partial charge in [-0.25, -0.2) is 4.79 Å². The number of aromatic nitrogens is 1. The third kappa shape index (κ3) is 5.63. The molecule has 0 saturated carbocycles. The van der Waals surface area contributed by atoms with Crippen LogP contribution in [-0.4, -0.2) is 66.0 Å². The third-order valence-corrected chi connectivity index (χ3v) is 6.77. The monoisotopic (exact) mass is 493 g/mol. The van der Waals surface area contributed by atoms with Gasteiger partial charge in [-0.15, -0.1) is 0 Å². The summed E-state index contributed by atoms with van der Waals surface area (Å²) in [6.07, 6.45) is 2.09. The summed E-state index contributed by atoms with van der Waals surface area (Å²) in [4.78, 5) is 25.9. The van der Waals surface area contributed by atoms with Crippen molar-refractivity contribution in [3.63, 3.8) is 0 Å². The maximum absolute atomic E-state index is 12.6. The Hall–Kier alpha value is -3.56. The minimum Gasteiger partial charge on any atom is -0.486 e. The van der Waals surface area contributed by atoms with Crippen LogP contribution in [0.5, 0.6) is 17.2 Å². The molecule has 0 atom stereocenters. The van der Waals surface area contributed by atoms with Crippen molar-refractivity contribution in [3.8, 4) is 17.2 Å². The molecule has 0 amide bonds. The van der Waals surface area contributed by atoms with Gasteiger partial charge in [0.1, 0.15) is 19.0 Å². The Balaban J connectivity index is 1.14. The number of carboxylic acids is 1. The van der Waals surface area contributed by atoms with Gasteiger partial charge in [0, 0.05) is 37.1 Å². The molecule has 190 valence electrons. The Labute approximate surface area is 209 Å². The zero-order valence-electron chi connectivity index (χ0n) is 20.2. The van der Waals surface area contributed by atoms with E-state index in [1.54, 1.807) is 22.8 Å². The van der Waals surface area contributed by atoms with Crippen molar-refractivity contribution in [2.45, 2.75) is 32.0 Å². The van der Waals surface area contributed by atoms with Gasteiger partial charge in [0.25, 0.3) is 5.56 Å². The van der Waals surface area contributed by atoms with Crippen LogP contribution in [-0.2, 0) is 17.9 Å². The topological polar surface area (TPSA) is 102 Å². The molecule has 0 bridgehead atoms. The number of carboxylic acid groups (broad SMARTS) is 1. The molecular formula is C27H31N3O6. The normalized spacial score (nSPS) is 16.2. The largest absolute Gasteiger partial charge is 0.486 e. The fourth-order valence-electron chi connectivity index (χ4n) is 4.86. The lowest BCUT2D eigenvalue weighted by Gasteiger charge is -2.32. The number of nitrogens with one attached hydrogen (secondary N) is 1. The van der Waals surface area contributed by atoms with E-state index in [2.05, 4.69) is 22.3 Å². The van der Waals surface area contributed by atoms with E-state index in [-0.39, 0.29) is 5.56 Å². The molecule has 9 nitrogen and oxygen atoms in total. The predicted molar refractivity (Wildman–Crippen MR) is 135 cm³/mol. The van der Waals surface area contributed by atoms with E-state index in [0.29, 0.717) is 31.5 Å². The summed E-state index contributed by atoms with van der Waals surface area (Å²) in [5.41, 5.74) is 1.86. The van der Waals surface area contributed by atoms with Gasteiger partial charge in [0.15, 0.2) is 18.1 Å². The van der Waals surface area contributed by atoms with Crippen LogP contribution in [0.4, 0.5) is 0 Å². The second-order valence-corrected chi connectivity index (χ2v) is 9.17. The molecule has 1 fully saturated rings. The van der Waals surface area contributed by atoms with E-state index in [4.69, 9.17) is 19.3 Å². The van der Waals surface area contributed by atoms with Crippen molar-refractivity contribution in [3.05, 3.63) is 64.4 Å². The van der Waals surface area contributed by atoms with Gasteiger partial charge in [0.05, 0.1) is 5.52 Å². The van der Waals surface area contributed by atoms with Crippen molar-refractivity contribution in [2.24, 2.45) is 0 Å². The highest BCUT2D eigenvalue weighted by Gasteiger charge is 2.20. The number of piperidine rings is 1. The Morgan fingerprint density at radius 3 is 2.64 bits per heavy atom. The Kier molecular flexibility index (Phi) is 7.39. The zero-order valence-corrected chi connectivity index (χ0v) is 20.2. The number of nitrogens with zero attached hydrogens (tertiary/aromatic N) is 2. The summed E-state index contributed by atoms with van der Waals surface area (Å²) in [7, 11) is 0. The third-order valence-electron chi connectivity index (χ3n) is 6.77. The minimum atomic E-state index is -1.04. The average Bonchev–Trinajstić information content (AvgIpc) is 2.90. The Bertz CT molecular complexity index is 1280. The molecule has 3 heterocycles. The SMILES string of the molecule is O=C(O)COc1cccc2c1ccc(=O)n2CCN1CCC(NCc2ccc3c(c2)OCCO3)CC1. The number of rotatable bonds is 9. The lowest BCUT2D eigenvalue weighted by molar-refractivity contribution is -0.139. The molecule has 0 unspecified atom stereocenters. The molecule has 0 aliphatic carbocycles. The predicted octanol–water partition coefficient (Wildman–Crippen LogP) is 2.49. The first kappa shape index (κ1) is 24.1. The first-order valence-electron chi connectivity index (χ1n) is 12.4. The molecule has 2 aliphatic rings. The van der Waals surface area contributed by atoms with Crippen molar-refractivity contribution in [1.29, 1.82) is 0 Å². The molecule has 1 aromatic heterocycles. The number of aliphatic carboxylic acids is 1. The number of hydrogen-bond acceptors (Lipinski definition) is 7. The van der Waals surface area contributed by atoms with Crippen LogP contribution in [0.1, 0.15) is 18.4 Å². The Morgan fingerprint density at radius 1 is 1.03 bits per heavy atom. The molecule has 1 saturated heterocycles. The summed E-state index contributed by atoms with van der Waals surface area (Å²) < 4.78 is 18.4. The van der Waals surface area contributed by atoms with Crippen LogP contribution in [0.2, 0.25) is 0 Å². The highest BCUT2D eigenvalue weighted by atomic mass is 16.6. The first-order chi connectivity index (χ1) is 17.6. The second-order valence-electron chi connectivity index (χ2n) is 9.17. The number of pyridine rings is 1. The molecule has 9 heteroatoms. The van der Waals surface area contributed by atoms with Crippen LogP contribution < -0.4 is 25.1 Å². The number of carbonyl (C=O) groups is 1. The molecule has 36 heavy (non-hydrogen) atoms. The van der Waals surface area contributed by atoms with Crippen molar-refractivity contribution < 1.29 is 24.1 Å². The van der Waals surface area contributed by atoms with Gasteiger partial charge < -0.3 is 34.1 Å². The fraction of sp³-hybridized carbons (Fsp3) is 0.407. The summed E-state index contributed by atoms with van der Waals surface area (Å²) in [5.74, 6) is 1.06. The number of benzene rings is 2. The molecule has 5 rings (SSSR count). The van der Waals surface area contributed by atoms with Crippen LogP contribution in [0, 0.1) is 0 Å². The number of hydrogen-bond donors (Lipinski definition) is 2. The van der Waals surface area contributed by atoms with Gasteiger partial charge in [-0.05, 0) is 61.8 Å². The van der Waals surface area contributed by atoms with E-state index in [0.717, 1.165) is 61.4 Å². The highest BCUT2D eigenvalue weighted by Crippen LogP contribution is 2.31. The number of fused-ring (bicyclic) bond motifs is 2. The van der Waals surface area contributed by atoms with Gasteiger partial charge in [-0.3, -0.25) is 4.79 Å². The lowest BCUT2D eigenvalue weighted by Crippen LogP contribution is -2.43. The fourth-order valence-corrected chi connectivity index (χ4v) is 4.86. The summed E-state index contributed by atoms with van der Waals surface area (Å²) in [6.45, 7) is 4.82. The van der Waals surface area contributed by atoms with Gasteiger partial charge in [0.2, 0.25) is 0 Å². The number of ether oxygens (including phenoxy) is 3. The molecule has 0 spiro atoms. The van der Waals surface area contributed by atoms with Gasteiger partial charge in [-0.2, -0.15) is 0 Å². The van der Waals surface area contributed by atoms with Crippen molar-refractivity contribution >= 4 is 16.9 Å². The molecule has 0 radical (unpaired) electrons. The molecule has 2 aliphatic heterocycles. The average molecular weight is 494 g/mol. The smallest absolute Gasteiger partial charge is 0.341 e. The minimum absolute atomic E-state index is 0.0751. The molecule has 2 aromatic carbocycles. The van der Waals surface area contributed by atoms with Crippen molar-refractivity contribution in [1.82, 2.24) is 14.8 Å². The number of likely N-dealkylation sites (tertiary alicyclic amines) is 1. The summed E-state index contributed by atoms with van der Waals surface area (Å²) in [6, 6.07) is 15.2. The second kappa shape index (κ2) is 11.0. The lowest BCUT2D eigenvalue weighted by atomic mass is 10.0. The van der Waals surface area contributed by atoms with Crippen LogP contribution >= 0.6 is 0 Å². The highest BCUT2D eigenvalue weighted by molar-refractivity contribution is 5.85. The van der Waals surface area contributed by atoms with Crippen LogP contribution in [0.3, 0.4) is 0 Å². The Morgan fingerprint density at radius 2 is 1.83 bits per heavy atom. The van der Waals surface area contributed by atoms with E-state index in [9.17, 15) is 9.59 Å². The molecular weight excluding hydrogens is 462 g/mol. The summed E-state index contributed by atoms with van der Waals surface area (Å²) in [5, 5.41) is 13.3. The van der Waals surface area contributed by atoms with E-state index >= 15 is 0 Å². The van der Waals surface area contributed by atoms with Gasteiger partial charge in [-0.1, -0.05) is 12.1 Å². The maximum Gasteiger partial charge on any atom is 0.341 e. The van der Waals surface area contributed by atoms with Crippen LogP contribution in [0.25, 0.3) is 10.9 Å².